The van der Waals surface area contributed by atoms with Crippen LogP contribution >= 0.6 is 15.9 Å². The highest BCUT2D eigenvalue weighted by molar-refractivity contribution is 9.10. The van der Waals surface area contributed by atoms with Crippen molar-refractivity contribution in [1.82, 2.24) is 4.90 Å². The van der Waals surface area contributed by atoms with Crippen molar-refractivity contribution in [1.29, 1.82) is 0 Å². The lowest BCUT2D eigenvalue weighted by molar-refractivity contribution is 0.0898. The minimum atomic E-state index is 0.172. The van der Waals surface area contributed by atoms with Crippen LogP contribution < -0.4 is 15.2 Å². The van der Waals surface area contributed by atoms with Gasteiger partial charge in [-0.3, -0.25) is 4.90 Å². The minimum Gasteiger partial charge on any atom is -0.454 e. The number of hydrogen-bond acceptors (Lipinski definition) is 4. The summed E-state index contributed by atoms with van der Waals surface area (Å²) < 4.78 is 11.9. The Morgan fingerprint density at radius 1 is 1.40 bits per heavy atom. The van der Waals surface area contributed by atoms with Gasteiger partial charge in [0.05, 0.1) is 4.47 Å². The number of nitrogens with zero attached hydrogens (tertiary/aromatic N) is 1. The molecule has 2 aliphatic rings. The van der Waals surface area contributed by atoms with E-state index in [9.17, 15) is 0 Å². The van der Waals surface area contributed by atoms with Crippen molar-refractivity contribution in [3.63, 3.8) is 0 Å². The van der Waals surface area contributed by atoms with E-state index in [2.05, 4.69) is 46.8 Å². The summed E-state index contributed by atoms with van der Waals surface area (Å²) in [6.07, 6.45) is 1.05. The zero-order chi connectivity index (χ0) is 14.3. The summed E-state index contributed by atoms with van der Waals surface area (Å²) in [6.45, 7) is 7.81. The molecule has 0 aliphatic carbocycles. The van der Waals surface area contributed by atoms with E-state index in [0.29, 0.717) is 12.8 Å². The van der Waals surface area contributed by atoms with Crippen LogP contribution in [0.5, 0.6) is 11.5 Å². The maximum Gasteiger partial charge on any atom is 0.231 e. The lowest BCUT2D eigenvalue weighted by Crippen LogP contribution is -2.52. The Labute approximate surface area is 128 Å². The number of ether oxygens (including phenoxy) is 2. The van der Waals surface area contributed by atoms with Crippen LogP contribution in [0.4, 0.5) is 0 Å². The van der Waals surface area contributed by atoms with Crippen LogP contribution in [0.25, 0.3) is 0 Å². The van der Waals surface area contributed by atoms with E-state index in [0.717, 1.165) is 42.0 Å². The first-order chi connectivity index (χ1) is 9.45. The van der Waals surface area contributed by atoms with E-state index in [1.165, 1.54) is 5.56 Å². The normalized spacial score (nSPS) is 24.9. The summed E-state index contributed by atoms with van der Waals surface area (Å²) in [5.74, 6) is 1.65. The first-order valence-electron chi connectivity index (χ1n) is 7.02. The zero-order valence-electron chi connectivity index (χ0n) is 12.0. The number of piperidine rings is 1. The van der Waals surface area contributed by atoms with Crippen LogP contribution in [0, 0.1) is 5.41 Å². The van der Waals surface area contributed by atoms with Crippen LogP contribution in [0.1, 0.15) is 25.8 Å². The second-order valence-electron chi connectivity index (χ2n) is 6.41. The van der Waals surface area contributed by atoms with Crippen molar-refractivity contribution in [2.24, 2.45) is 11.1 Å². The summed E-state index contributed by atoms with van der Waals surface area (Å²) in [7, 11) is 0. The predicted molar refractivity (Wildman–Crippen MR) is 81.9 cm³/mol. The first kappa shape index (κ1) is 14.2. The topological polar surface area (TPSA) is 47.7 Å². The number of rotatable bonds is 2. The SMILES string of the molecule is CC1(C)CN(Cc2cc(Br)c3c(c2)OCO3)CCC1N. The number of fused-ring (bicyclic) bond motifs is 1. The van der Waals surface area contributed by atoms with Gasteiger partial charge in [0.25, 0.3) is 0 Å². The smallest absolute Gasteiger partial charge is 0.231 e. The van der Waals surface area contributed by atoms with Crippen molar-refractivity contribution < 1.29 is 9.47 Å². The highest BCUT2D eigenvalue weighted by Gasteiger charge is 2.33. The van der Waals surface area contributed by atoms with Crippen LogP contribution in [0.15, 0.2) is 16.6 Å². The standard InChI is InChI=1S/C15H21BrN2O2/c1-15(2)8-18(4-3-13(15)17)7-10-5-11(16)14-12(6-10)19-9-20-14/h5-6,13H,3-4,7-9,17H2,1-2H3. The average Bonchev–Trinajstić information content (AvgIpc) is 2.82. The Hall–Kier alpha value is -0.780. The van der Waals surface area contributed by atoms with Crippen molar-refractivity contribution in [3.05, 3.63) is 22.2 Å². The Morgan fingerprint density at radius 2 is 2.20 bits per heavy atom. The monoisotopic (exact) mass is 340 g/mol. The molecule has 2 aliphatic heterocycles. The van der Waals surface area contributed by atoms with E-state index in [1.54, 1.807) is 0 Å². The third kappa shape index (κ3) is 2.67. The Bertz CT molecular complexity index is 519. The van der Waals surface area contributed by atoms with Crippen LogP contribution in [0.2, 0.25) is 0 Å². The fourth-order valence-electron chi connectivity index (χ4n) is 2.99. The third-order valence-corrected chi connectivity index (χ3v) is 4.87. The molecule has 3 rings (SSSR count). The van der Waals surface area contributed by atoms with Crippen molar-refractivity contribution in [2.45, 2.75) is 32.9 Å². The van der Waals surface area contributed by atoms with Crippen molar-refractivity contribution in [3.8, 4) is 11.5 Å². The molecule has 1 aromatic rings. The molecule has 5 heteroatoms. The van der Waals surface area contributed by atoms with E-state index >= 15 is 0 Å². The lowest BCUT2D eigenvalue weighted by Gasteiger charge is -2.42. The molecule has 1 fully saturated rings. The van der Waals surface area contributed by atoms with Crippen molar-refractivity contribution >= 4 is 15.9 Å². The maximum absolute atomic E-state index is 6.20. The quantitative estimate of drug-likeness (QED) is 0.899. The third-order valence-electron chi connectivity index (χ3n) is 4.28. The molecule has 0 aromatic heterocycles. The molecular formula is C15H21BrN2O2. The summed E-state index contributed by atoms with van der Waals surface area (Å²) in [5, 5.41) is 0. The number of halogens is 1. The molecular weight excluding hydrogens is 320 g/mol. The largest absolute Gasteiger partial charge is 0.454 e. The Kier molecular flexibility index (Phi) is 3.69. The van der Waals surface area contributed by atoms with E-state index in [1.807, 2.05) is 0 Å². The van der Waals surface area contributed by atoms with Gasteiger partial charge >= 0.3 is 0 Å². The van der Waals surface area contributed by atoms with Gasteiger partial charge in [0.15, 0.2) is 11.5 Å². The number of nitrogens with two attached hydrogens (primary N) is 1. The van der Waals surface area contributed by atoms with Crippen LogP contribution in [-0.2, 0) is 6.54 Å². The van der Waals surface area contributed by atoms with Gasteiger partial charge in [-0.25, -0.2) is 0 Å². The number of likely N-dealkylation sites (tertiary alicyclic amines) is 1. The van der Waals surface area contributed by atoms with Gasteiger partial charge in [-0.15, -0.1) is 0 Å². The van der Waals surface area contributed by atoms with Gasteiger partial charge in [-0.05, 0) is 45.5 Å². The van der Waals surface area contributed by atoms with Gasteiger partial charge in [0.1, 0.15) is 0 Å². The molecule has 1 aromatic carbocycles. The minimum absolute atomic E-state index is 0.172. The summed E-state index contributed by atoms with van der Waals surface area (Å²) in [5.41, 5.74) is 7.61. The number of benzene rings is 1. The molecule has 0 amide bonds. The second kappa shape index (κ2) is 5.20. The fraction of sp³-hybridized carbons (Fsp3) is 0.600. The molecule has 0 spiro atoms. The maximum atomic E-state index is 6.20. The highest BCUT2D eigenvalue weighted by atomic mass is 79.9. The summed E-state index contributed by atoms with van der Waals surface area (Å²) in [4.78, 5) is 2.47. The summed E-state index contributed by atoms with van der Waals surface area (Å²) >= 11 is 3.55. The van der Waals surface area contributed by atoms with E-state index in [4.69, 9.17) is 15.2 Å². The lowest BCUT2D eigenvalue weighted by atomic mass is 9.79. The van der Waals surface area contributed by atoms with Gasteiger partial charge < -0.3 is 15.2 Å². The molecule has 110 valence electrons. The van der Waals surface area contributed by atoms with Gasteiger partial charge in [-0.1, -0.05) is 13.8 Å². The zero-order valence-corrected chi connectivity index (χ0v) is 13.6. The fourth-order valence-corrected chi connectivity index (χ4v) is 3.59. The van der Waals surface area contributed by atoms with Crippen LogP contribution in [-0.4, -0.2) is 30.8 Å². The Balaban J connectivity index is 1.74. The summed E-state index contributed by atoms with van der Waals surface area (Å²) in [6, 6.07) is 4.49. The Morgan fingerprint density at radius 3 is 2.95 bits per heavy atom. The van der Waals surface area contributed by atoms with E-state index < -0.39 is 0 Å². The molecule has 20 heavy (non-hydrogen) atoms. The van der Waals surface area contributed by atoms with E-state index in [-0.39, 0.29) is 5.41 Å². The molecule has 4 nitrogen and oxygen atoms in total. The molecule has 0 bridgehead atoms. The highest BCUT2D eigenvalue weighted by Crippen LogP contribution is 2.40. The molecule has 1 saturated heterocycles. The van der Waals surface area contributed by atoms with Gasteiger partial charge in [0, 0.05) is 25.7 Å². The molecule has 1 atom stereocenters. The predicted octanol–water partition coefficient (Wildman–Crippen LogP) is 2.74. The molecule has 2 heterocycles. The van der Waals surface area contributed by atoms with Crippen molar-refractivity contribution in [2.75, 3.05) is 19.9 Å². The van der Waals surface area contributed by atoms with Gasteiger partial charge in [-0.2, -0.15) is 0 Å². The van der Waals surface area contributed by atoms with Crippen LogP contribution in [0.3, 0.4) is 0 Å². The molecule has 0 radical (unpaired) electrons. The molecule has 1 unspecified atom stereocenters. The molecule has 2 N–H and O–H groups in total. The second-order valence-corrected chi connectivity index (χ2v) is 7.26. The average molecular weight is 341 g/mol. The molecule has 0 saturated carbocycles. The van der Waals surface area contributed by atoms with Gasteiger partial charge in [0.2, 0.25) is 6.79 Å². The first-order valence-corrected chi connectivity index (χ1v) is 7.81. The number of hydrogen-bond donors (Lipinski definition) is 1.